The van der Waals surface area contributed by atoms with Crippen LogP contribution in [0.15, 0.2) is 29.3 Å². The van der Waals surface area contributed by atoms with Gasteiger partial charge in [-0.15, -0.1) is 4.99 Å². The monoisotopic (exact) mass is 364 g/mol. The molecule has 0 aliphatic heterocycles. The number of nitrogens with zero attached hydrogens (tertiary/aromatic N) is 1. The number of hydrogen-bond acceptors (Lipinski definition) is 5. The average molecular weight is 364 g/mol. The van der Waals surface area contributed by atoms with E-state index >= 15 is 0 Å². The fourth-order valence-electron chi connectivity index (χ4n) is 1.72. The smallest absolute Gasteiger partial charge is 0.437 e. The second kappa shape index (κ2) is 8.66. The number of carbonyl (C=O) groups is 2. The Bertz CT molecular complexity index is 655. The molecule has 0 saturated carbocycles. The van der Waals surface area contributed by atoms with Crippen molar-refractivity contribution in [3.63, 3.8) is 0 Å². The summed E-state index contributed by atoms with van der Waals surface area (Å²) in [6, 6.07) is 7.15. The van der Waals surface area contributed by atoms with Gasteiger partial charge in [0.1, 0.15) is 11.2 Å². The number of aliphatic imine (C=N–C) groups is 1. The Kier molecular flexibility index (Phi) is 7.14. The topological polar surface area (TPSA) is 115 Å². The molecule has 0 saturated heterocycles. The van der Waals surface area contributed by atoms with E-state index in [1.165, 1.54) is 0 Å². The predicted molar refractivity (Wildman–Crippen MR) is 101 cm³/mol. The zero-order chi connectivity index (χ0) is 20.0. The highest BCUT2D eigenvalue weighted by atomic mass is 16.6. The minimum Gasteiger partial charge on any atom is -0.444 e. The Hall–Kier alpha value is -2.61. The quantitative estimate of drug-likeness (QED) is 0.547. The highest BCUT2D eigenvalue weighted by Gasteiger charge is 2.20. The van der Waals surface area contributed by atoms with Gasteiger partial charge in [-0.3, -0.25) is 5.32 Å². The molecular weight excluding hydrogens is 336 g/mol. The molecule has 144 valence electrons. The number of nitrogens with one attached hydrogen (secondary N) is 2. The minimum atomic E-state index is -0.838. The molecule has 0 aliphatic carbocycles. The van der Waals surface area contributed by atoms with Crippen LogP contribution in [0.25, 0.3) is 0 Å². The van der Waals surface area contributed by atoms with E-state index in [0.29, 0.717) is 12.2 Å². The summed E-state index contributed by atoms with van der Waals surface area (Å²) in [6.07, 6.45) is -1.58. The van der Waals surface area contributed by atoms with Gasteiger partial charge in [0.15, 0.2) is 0 Å². The number of benzene rings is 1. The molecule has 0 aromatic heterocycles. The van der Waals surface area contributed by atoms with Crippen molar-refractivity contribution in [3.8, 4) is 0 Å². The first-order chi connectivity index (χ1) is 11.9. The summed E-state index contributed by atoms with van der Waals surface area (Å²) in [6.45, 7) is 10.8. The molecule has 0 radical (unpaired) electrons. The van der Waals surface area contributed by atoms with Crippen LogP contribution in [0, 0.1) is 0 Å². The van der Waals surface area contributed by atoms with E-state index in [1.54, 1.807) is 53.7 Å². The average Bonchev–Trinajstić information content (AvgIpc) is 2.43. The van der Waals surface area contributed by atoms with Gasteiger partial charge in [-0.05, 0) is 59.2 Å². The lowest BCUT2D eigenvalue weighted by Crippen LogP contribution is -2.40. The molecule has 2 amide bonds. The highest BCUT2D eigenvalue weighted by Crippen LogP contribution is 2.11. The maximum atomic E-state index is 12.0. The number of nitrogens with two attached hydrogens (primary N) is 1. The molecule has 0 aliphatic rings. The lowest BCUT2D eigenvalue weighted by atomic mass is 10.2. The van der Waals surface area contributed by atoms with Crippen LogP contribution in [0.4, 0.5) is 15.3 Å². The Morgan fingerprint density at radius 1 is 1.00 bits per heavy atom. The molecule has 1 rings (SSSR count). The zero-order valence-electron chi connectivity index (χ0n) is 16.2. The second-order valence-electron chi connectivity index (χ2n) is 7.59. The first-order valence-electron chi connectivity index (χ1n) is 8.26. The first-order valence-corrected chi connectivity index (χ1v) is 8.26. The van der Waals surface area contributed by atoms with E-state index in [2.05, 4.69) is 15.6 Å². The summed E-state index contributed by atoms with van der Waals surface area (Å²) in [5.74, 6) is -0.103. The number of hydrogen-bond donors (Lipinski definition) is 3. The number of anilines is 1. The molecule has 0 atom stereocenters. The summed E-state index contributed by atoms with van der Waals surface area (Å²) in [5, 5.41) is 5.28. The lowest BCUT2D eigenvalue weighted by Gasteiger charge is -2.21. The van der Waals surface area contributed by atoms with Crippen LogP contribution in [0.2, 0.25) is 0 Å². The summed E-state index contributed by atoms with van der Waals surface area (Å²) in [4.78, 5) is 27.7. The van der Waals surface area contributed by atoms with Crippen LogP contribution in [-0.4, -0.2) is 29.3 Å². The van der Waals surface area contributed by atoms with Crippen molar-refractivity contribution in [2.24, 2.45) is 10.7 Å². The van der Waals surface area contributed by atoms with Gasteiger partial charge in [-0.2, -0.15) is 0 Å². The summed E-state index contributed by atoms with van der Waals surface area (Å²) >= 11 is 0. The van der Waals surface area contributed by atoms with E-state index in [4.69, 9.17) is 15.2 Å². The highest BCUT2D eigenvalue weighted by molar-refractivity contribution is 6.06. The number of ether oxygens (including phenoxy) is 2. The number of carbonyl (C=O) groups excluding carboxylic acids is 2. The molecule has 0 fully saturated rings. The van der Waals surface area contributed by atoms with Crippen LogP contribution in [0.5, 0.6) is 0 Å². The standard InChI is InChI=1S/C18H28N4O4/c1-17(2,3)25-15(23)21-14(22-16(24)26-18(4,5)6)20-13-9-7-12(11-19)8-10-13/h7-10H,11,19H2,1-6H3,(H2,20,21,22,23,24). The van der Waals surface area contributed by atoms with Gasteiger partial charge in [0.05, 0.1) is 0 Å². The third-order valence-electron chi connectivity index (χ3n) is 2.67. The molecule has 8 heteroatoms. The third-order valence-corrected chi connectivity index (χ3v) is 2.67. The number of rotatable bonds is 2. The van der Waals surface area contributed by atoms with Gasteiger partial charge in [0.2, 0.25) is 5.96 Å². The molecule has 4 N–H and O–H groups in total. The van der Waals surface area contributed by atoms with Crippen LogP contribution < -0.4 is 16.4 Å². The van der Waals surface area contributed by atoms with Crippen molar-refractivity contribution < 1.29 is 19.1 Å². The Labute approximate surface area is 154 Å². The molecule has 0 unspecified atom stereocenters. The van der Waals surface area contributed by atoms with Gasteiger partial charge in [-0.25, -0.2) is 9.59 Å². The largest absolute Gasteiger partial charge is 0.444 e. The van der Waals surface area contributed by atoms with Crippen molar-refractivity contribution in [3.05, 3.63) is 29.8 Å². The fraction of sp³-hybridized carbons (Fsp3) is 0.500. The molecule has 26 heavy (non-hydrogen) atoms. The molecular formula is C18H28N4O4. The van der Waals surface area contributed by atoms with E-state index in [9.17, 15) is 9.59 Å². The van der Waals surface area contributed by atoms with Crippen molar-refractivity contribution in [2.75, 3.05) is 5.32 Å². The molecule has 0 bridgehead atoms. The maximum absolute atomic E-state index is 12.0. The molecule has 0 heterocycles. The zero-order valence-corrected chi connectivity index (χ0v) is 16.2. The van der Waals surface area contributed by atoms with Crippen LogP contribution >= 0.6 is 0 Å². The summed E-state index contributed by atoms with van der Waals surface area (Å²) in [7, 11) is 0. The van der Waals surface area contributed by atoms with Crippen LogP contribution in [0.3, 0.4) is 0 Å². The number of guanidine groups is 1. The fourth-order valence-corrected chi connectivity index (χ4v) is 1.72. The van der Waals surface area contributed by atoms with Crippen molar-refractivity contribution >= 4 is 23.8 Å². The molecule has 1 aromatic rings. The Morgan fingerprint density at radius 2 is 1.54 bits per heavy atom. The molecule has 8 nitrogen and oxygen atoms in total. The third kappa shape index (κ3) is 9.03. The maximum Gasteiger partial charge on any atom is 0.437 e. The van der Waals surface area contributed by atoms with Gasteiger partial charge < -0.3 is 20.5 Å². The summed E-state index contributed by atoms with van der Waals surface area (Å²) in [5.41, 5.74) is 5.73. The van der Waals surface area contributed by atoms with Crippen molar-refractivity contribution in [1.82, 2.24) is 5.32 Å². The van der Waals surface area contributed by atoms with E-state index in [-0.39, 0.29) is 5.96 Å². The lowest BCUT2D eigenvalue weighted by molar-refractivity contribution is 0.0562. The van der Waals surface area contributed by atoms with E-state index in [1.807, 2.05) is 12.1 Å². The van der Waals surface area contributed by atoms with Crippen molar-refractivity contribution in [2.45, 2.75) is 59.3 Å². The normalized spacial score (nSPS) is 12.3. The molecule has 1 aromatic carbocycles. The van der Waals surface area contributed by atoms with Gasteiger partial charge >= 0.3 is 12.2 Å². The van der Waals surface area contributed by atoms with E-state index < -0.39 is 23.4 Å². The van der Waals surface area contributed by atoms with Gasteiger partial charge in [-0.1, -0.05) is 12.1 Å². The SMILES string of the molecule is CC(C)(C)OC(=O)/N=C(\NC(=O)OC(C)(C)C)Nc1ccc(CN)cc1. The van der Waals surface area contributed by atoms with Gasteiger partial charge in [0.25, 0.3) is 0 Å². The predicted octanol–water partition coefficient (Wildman–Crippen LogP) is 3.37. The first kappa shape index (κ1) is 21.4. The van der Waals surface area contributed by atoms with Crippen LogP contribution in [-0.2, 0) is 16.0 Å². The summed E-state index contributed by atoms with van der Waals surface area (Å²) < 4.78 is 10.3. The number of amides is 2. The Morgan fingerprint density at radius 3 is 2.00 bits per heavy atom. The minimum absolute atomic E-state index is 0.103. The molecule has 0 spiro atoms. The second-order valence-corrected chi connectivity index (χ2v) is 7.59. The van der Waals surface area contributed by atoms with Crippen LogP contribution in [0.1, 0.15) is 47.1 Å². The van der Waals surface area contributed by atoms with Crippen molar-refractivity contribution in [1.29, 1.82) is 0 Å². The Balaban J connectivity index is 2.96. The number of alkyl carbamates (subject to hydrolysis) is 1. The van der Waals surface area contributed by atoms with E-state index in [0.717, 1.165) is 5.56 Å². The van der Waals surface area contributed by atoms with Gasteiger partial charge in [0, 0.05) is 12.2 Å².